The summed E-state index contributed by atoms with van der Waals surface area (Å²) in [5, 5.41) is 4.94. The van der Waals surface area contributed by atoms with Crippen LogP contribution in [-0.4, -0.2) is 36.9 Å². The second kappa shape index (κ2) is 10.7. The lowest BCUT2D eigenvalue weighted by Gasteiger charge is -2.20. The van der Waals surface area contributed by atoms with E-state index in [0.717, 1.165) is 27.9 Å². The first-order valence-electron chi connectivity index (χ1n) is 10.9. The lowest BCUT2D eigenvalue weighted by atomic mass is 9.98. The first-order valence-corrected chi connectivity index (χ1v) is 10.9. The Balaban J connectivity index is 1.62. The Labute approximate surface area is 190 Å². The SMILES string of the molecule is Cc1ccc([C@H]([NH2+]CC(=O)N(C)CC(=O)Nc2cc(C)ccc2C)c2ccccc2)cc1. The van der Waals surface area contributed by atoms with Gasteiger partial charge >= 0.3 is 0 Å². The minimum atomic E-state index is -0.201. The van der Waals surface area contributed by atoms with E-state index in [4.69, 9.17) is 0 Å². The molecule has 0 bridgehead atoms. The average Bonchev–Trinajstić information content (AvgIpc) is 2.78. The highest BCUT2D eigenvalue weighted by Gasteiger charge is 2.21. The van der Waals surface area contributed by atoms with Gasteiger partial charge in [0.15, 0.2) is 6.54 Å². The summed E-state index contributed by atoms with van der Waals surface area (Å²) in [5.41, 5.74) is 6.34. The molecule has 3 aromatic rings. The summed E-state index contributed by atoms with van der Waals surface area (Å²) >= 11 is 0. The molecule has 166 valence electrons. The Morgan fingerprint density at radius 2 is 1.50 bits per heavy atom. The molecule has 0 radical (unpaired) electrons. The van der Waals surface area contributed by atoms with Crippen molar-refractivity contribution in [1.82, 2.24) is 4.90 Å². The maximum atomic E-state index is 12.8. The lowest BCUT2D eigenvalue weighted by Crippen LogP contribution is -2.87. The largest absolute Gasteiger partial charge is 0.332 e. The Bertz CT molecular complexity index is 1060. The predicted molar refractivity (Wildman–Crippen MR) is 128 cm³/mol. The number of benzene rings is 3. The minimum Gasteiger partial charge on any atom is -0.332 e. The Hall–Kier alpha value is -3.44. The van der Waals surface area contributed by atoms with Crippen molar-refractivity contribution < 1.29 is 14.9 Å². The first-order chi connectivity index (χ1) is 15.3. The second-order valence-electron chi connectivity index (χ2n) is 8.36. The van der Waals surface area contributed by atoms with Gasteiger partial charge in [0.05, 0.1) is 6.54 Å². The number of hydrogen-bond acceptors (Lipinski definition) is 2. The highest BCUT2D eigenvalue weighted by Crippen LogP contribution is 2.19. The number of nitrogens with two attached hydrogens (primary N) is 1. The lowest BCUT2D eigenvalue weighted by molar-refractivity contribution is -0.677. The zero-order valence-electron chi connectivity index (χ0n) is 19.3. The van der Waals surface area contributed by atoms with E-state index in [-0.39, 0.29) is 30.9 Å². The molecule has 0 aliphatic heterocycles. The summed E-state index contributed by atoms with van der Waals surface area (Å²) in [6.07, 6.45) is 0. The molecule has 0 spiro atoms. The molecule has 0 aliphatic carbocycles. The normalized spacial score (nSPS) is 11.6. The van der Waals surface area contributed by atoms with Gasteiger partial charge in [0, 0.05) is 23.9 Å². The molecule has 0 aromatic heterocycles. The molecule has 0 heterocycles. The molecular formula is C27H32N3O2+. The number of hydrogen-bond donors (Lipinski definition) is 2. The van der Waals surface area contributed by atoms with E-state index in [1.165, 1.54) is 10.5 Å². The third kappa shape index (κ3) is 6.28. The van der Waals surface area contributed by atoms with Crippen molar-refractivity contribution in [3.05, 3.63) is 101 Å². The van der Waals surface area contributed by atoms with Crippen molar-refractivity contribution in [2.75, 3.05) is 25.5 Å². The number of carbonyl (C=O) groups is 2. The summed E-state index contributed by atoms with van der Waals surface area (Å²) < 4.78 is 0. The van der Waals surface area contributed by atoms with Gasteiger partial charge in [0.1, 0.15) is 6.04 Å². The van der Waals surface area contributed by atoms with Crippen molar-refractivity contribution in [1.29, 1.82) is 0 Å². The van der Waals surface area contributed by atoms with Gasteiger partial charge in [-0.05, 0) is 38.0 Å². The summed E-state index contributed by atoms with van der Waals surface area (Å²) in [6, 6.07) is 24.5. The molecule has 32 heavy (non-hydrogen) atoms. The van der Waals surface area contributed by atoms with Crippen molar-refractivity contribution in [2.24, 2.45) is 0 Å². The van der Waals surface area contributed by atoms with Gasteiger partial charge in [0.25, 0.3) is 5.91 Å². The molecule has 1 atom stereocenters. The zero-order chi connectivity index (χ0) is 23.1. The van der Waals surface area contributed by atoms with Crippen LogP contribution < -0.4 is 10.6 Å². The standard InChI is InChI=1S/C27H31N3O2/c1-19-11-14-23(15-12-19)27(22-8-6-5-7-9-22)28-17-26(32)30(4)18-25(31)29-24-16-20(2)10-13-21(24)3/h5-16,27-28H,17-18H2,1-4H3,(H,29,31)/p+1/t27-/m1/s1. The molecule has 0 saturated carbocycles. The van der Waals surface area contributed by atoms with Crippen LogP contribution in [0.5, 0.6) is 0 Å². The topological polar surface area (TPSA) is 66.0 Å². The van der Waals surface area contributed by atoms with Crippen LogP contribution in [0, 0.1) is 20.8 Å². The van der Waals surface area contributed by atoms with Gasteiger partial charge in [-0.3, -0.25) is 9.59 Å². The van der Waals surface area contributed by atoms with Gasteiger partial charge in [-0.2, -0.15) is 0 Å². The van der Waals surface area contributed by atoms with Gasteiger partial charge < -0.3 is 15.5 Å². The molecule has 5 nitrogen and oxygen atoms in total. The first kappa shape index (κ1) is 23.2. The fraction of sp³-hybridized carbons (Fsp3) is 0.259. The smallest absolute Gasteiger partial charge is 0.277 e. The van der Waals surface area contributed by atoms with Crippen LogP contribution in [0.15, 0.2) is 72.8 Å². The summed E-state index contributed by atoms with van der Waals surface area (Å²) in [5.74, 6) is -0.290. The van der Waals surface area contributed by atoms with E-state index >= 15 is 0 Å². The van der Waals surface area contributed by atoms with E-state index in [0.29, 0.717) is 0 Å². The minimum absolute atomic E-state index is 0.0120. The molecular weight excluding hydrogens is 398 g/mol. The van der Waals surface area contributed by atoms with Gasteiger partial charge in [-0.1, -0.05) is 72.3 Å². The molecule has 0 fully saturated rings. The number of likely N-dealkylation sites (N-methyl/N-ethyl adjacent to an activating group) is 1. The van der Waals surface area contributed by atoms with Crippen LogP contribution in [0.4, 0.5) is 5.69 Å². The number of anilines is 1. The monoisotopic (exact) mass is 430 g/mol. The Kier molecular flexibility index (Phi) is 7.79. The highest BCUT2D eigenvalue weighted by molar-refractivity contribution is 5.95. The average molecular weight is 431 g/mol. The molecule has 0 aliphatic rings. The van der Waals surface area contributed by atoms with E-state index in [1.54, 1.807) is 7.05 Å². The number of quaternary nitrogens is 1. The molecule has 3 aromatic carbocycles. The molecule has 0 saturated heterocycles. The van der Waals surface area contributed by atoms with E-state index in [9.17, 15) is 9.59 Å². The molecule has 3 N–H and O–H groups in total. The fourth-order valence-electron chi connectivity index (χ4n) is 3.64. The maximum Gasteiger partial charge on any atom is 0.277 e. The molecule has 2 amide bonds. The van der Waals surface area contributed by atoms with Crippen LogP contribution >= 0.6 is 0 Å². The van der Waals surface area contributed by atoms with Crippen molar-refractivity contribution >= 4 is 17.5 Å². The van der Waals surface area contributed by atoms with E-state index < -0.39 is 0 Å². The third-order valence-electron chi connectivity index (χ3n) is 5.60. The summed E-state index contributed by atoms with van der Waals surface area (Å²) in [7, 11) is 1.67. The van der Waals surface area contributed by atoms with Gasteiger partial charge in [-0.25, -0.2) is 0 Å². The van der Waals surface area contributed by atoms with Crippen LogP contribution in [0.1, 0.15) is 33.9 Å². The Morgan fingerprint density at radius 3 is 2.19 bits per heavy atom. The molecule has 3 rings (SSSR count). The van der Waals surface area contributed by atoms with Crippen molar-refractivity contribution in [3.63, 3.8) is 0 Å². The fourth-order valence-corrected chi connectivity index (χ4v) is 3.64. The van der Waals surface area contributed by atoms with Crippen LogP contribution in [0.2, 0.25) is 0 Å². The van der Waals surface area contributed by atoms with E-state index in [2.05, 4.69) is 48.6 Å². The number of aryl methyl sites for hydroxylation is 3. The maximum absolute atomic E-state index is 12.8. The highest BCUT2D eigenvalue weighted by atomic mass is 16.2. The zero-order valence-corrected chi connectivity index (χ0v) is 19.3. The van der Waals surface area contributed by atoms with Crippen LogP contribution in [0.25, 0.3) is 0 Å². The van der Waals surface area contributed by atoms with Gasteiger partial charge in [0.2, 0.25) is 5.91 Å². The second-order valence-corrected chi connectivity index (χ2v) is 8.36. The summed E-state index contributed by atoms with van der Waals surface area (Å²) in [6.45, 7) is 6.26. The number of amides is 2. The Morgan fingerprint density at radius 1 is 0.875 bits per heavy atom. The van der Waals surface area contributed by atoms with Crippen molar-refractivity contribution in [2.45, 2.75) is 26.8 Å². The molecule has 5 heteroatoms. The van der Waals surface area contributed by atoms with Crippen LogP contribution in [-0.2, 0) is 9.59 Å². The number of nitrogens with zero attached hydrogens (tertiary/aromatic N) is 1. The number of rotatable bonds is 8. The number of carbonyl (C=O) groups excluding carboxylic acids is 2. The third-order valence-corrected chi connectivity index (χ3v) is 5.60. The van der Waals surface area contributed by atoms with Crippen molar-refractivity contribution in [3.8, 4) is 0 Å². The summed E-state index contributed by atoms with van der Waals surface area (Å²) in [4.78, 5) is 26.8. The number of nitrogens with one attached hydrogen (secondary N) is 1. The van der Waals surface area contributed by atoms with Gasteiger partial charge in [-0.15, -0.1) is 0 Å². The van der Waals surface area contributed by atoms with E-state index in [1.807, 2.05) is 55.6 Å². The van der Waals surface area contributed by atoms with Crippen LogP contribution in [0.3, 0.4) is 0 Å². The molecule has 0 unspecified atom stereocenters. The quantitative estimate of drug-likeness (QED) is 0.576. The predicted octanol–water partition coefficient (Wildman–Crippen LogP) is 3.36.